The summed E-state index contributed by atoms with van der Waals surface area (Å²) in [7, 11) is 4.16. The quantitative estimate of drug-likeness (QED) is 0.560. The van der Waals surface area contributed by atoms with Gasteiger partial charge in [-0.15, -0.1) is 0 Å². The molecule has 5 saturated carbocycles. The number of hydrogen-bond acceptors (Lipinski definition) is 2. The van der Waals surface area contributed by atoms with Crippen molar-refractivity contribution in [3.05, 3.63) is 0 Å². The van der Waals surface area contributed by atoms with Crippen molar-refractivity contribution in [1.82, 2.24) is 4.90 Å². The number of nitrogens with zero attached hydrogens (tertiary/aromatic N) is 2. The molecule has 5 rings (SSSR count). The van der Waals surface area contributed by atoms with E-state index in [2.05, 4.69) is 25.1 Å². The van der Waals surface area contributed by atoms with Gasteiger partial charge in [-0.2, -0.15) is 5.26 Å². The van der Waals surface area contributed by atoms with Crippen LogP contribution in [0.4, 0.5) is 0 Å². The third-order valence-electron chi connectivity index (χ3n) is 5.09. The third kappa shape index (κ3) is 0.287. The van der Waals surface area contributed by atoms with Crippen LogP contribution in [0.5, 0.6) is 0 Å². The van der Waals surface area contributed by atoms with Gasteiger partial charge in [-0.05, 0) is 49.6 Å². The van der Waals surface area contributed by atoms with Gasteiger partial charge in [0.2, 0.25) is 0 Å². The predicted octanol–water partition coefficient (Wildman–Crippen LogP) is 0.562. The zero-order valence-electron chi connectivity index (χ0n) is 7.36. The normalized spacial score (nSPS) is 73.2. The number of hydrogen-bond donors (Lipinski definition) is 0. The zero-order chi connectivity index (χ0) is 8.25. The van der Waals surface area contributed by atoms with Gasteiger partial charge >= 0.3 is 0 Å². The van der Waals surface area contributed by atoms with E-state index in [-0.39, 0.29) is 5.54 Å². The fraction of sp³-hybridized carbons (Fsp3) is 0.900. The van der Waals surface area contributed by atoms with Gasteiger partial charge in [-0.1, -0.05) is 0 Å². The highest BCUT2D eigenvalue weighted by atomic mass is 15.2. The van der Waals surface area contributed by atoms with Gasteiger partial charge in [-0.25, -0.2) is 0 Å². The molecule has 0 unspecified atom stereocenters. The molecule has 0 aromatic rings. The Morgan fingerprint density at radius 1 is 1.08 bits per heavy atom. The molecule has 5 fully saturated rings. The van der Waals surface area contributed by atoms with Gasteiger partial charge in [-0.3, -0.25) is 4.90 Å². The minimum atomic E-state index is -0.0231. The van der Waals surface area contributed by atoms with Gasteiger partial charge < -0.3 is 0 Å². The molecule has 0 heterocycles. The fourth-order valence-corrected chi connectivity index (χ4v) is 4.80. The first-order chi connectivity index (χ1) is 5.75. The Balaban J connectivity index is 1.89. The minimum absolute atomic E-state index is 0.0231. The van der Waals surface area contributed by atoms with Crippen LogP contribution in [0.3, 0.4) is 0 Å². The zero-order valence-corrected chi connectivity index (χ0v) is 7.36. The molecule has 2 heteroatoms. The van der Waals surface area contributed by atoms with E-state index in [1.54, 1.807) is 0 Å². The molecular formula is C10H12N2. The van der Waals surface area contributed by atoms with Crippen LogP contribution in [0.15, 0.2) is 0 Å². The van der Waals surface area contributed by atoms with E-state index < -0.39 is 0 Å². The van der Waals surface area contributed by atoms with Gasteiger partial charge in [0, 0.05) is 0 Å². The molecule has 62 valence electrons. The standard InChI is InChI=1S/C10H12N2/c1-12(2)10(3-11)8-4-5(8)7-6(4)9(7)10/h4-9H,1-2H3. The maximum Gasteiger partial charge on any atom is 0.115 e. The van der Waals surface area contributed by atoms with Crippen molar-refractivity contribution in [2.75, 3.05) is 14.1 Å². The van der Waals surface area contributed by atoms with Crippen LogP contribution in [-0.2, 0) is 0 Å². The van der Waals surface area contributed by atoms with Crippen LogP contribution in [0.1, 0.15) is 0 Å². The molecule has 5 aliphatic rings. The molecule has 0 spiro atoms. The first-order valence-electron chi connectivity index (χ1n) is 4.84. The number of rotatable bonds is 1. The Morgan fingerprint density at radius 2 is 1.50 bits per heavy atom. The molecule has 0 radical (unpaired) electrons. The van der Waals surface area contributed by atoms with E-state index in [4.69, 9.17) is 0 Å². The lowest BCUT2D eigenvalue weighted by atomic mass is 9.93. The predicted molar refractivity (Wildman–Crippen MR) is 43.0 cm³/mol. The average Bonchev–Trinajstić information content (AvgIpc) is 2.71. The summed E-state index contributed by atoms with van der Waals surface area (Å²) in [4.78, 5) is 2.20. The van der Waals surface area contributed by atoms with E-state index in [1.165, 1.54) is 0 Å². The summed E-state index contributed by atoms with van der Waals surface area (Å²) in [5, 5.41) is 9.30. The Bertz CT molecular complexity index is 283. The Morgan fingerprint density at radius 3 is 1.67 bits per heavy atom. The second-order valence-corrected chi connectivity index (χ2v) is 5.19. The van der Waals surface area contributed by atoms with Gasteiger partial charge in [0.15, 0.2) is 0 Å². The van der Waals surface area contributed by atoms with Crippen molar-refractivity contribution in [3.8, 4) is 6.07 Å². The summed E-state index contributed by atoms with van der Waals surface area (Å²) in [5.41, 5.74) is -0.0231. The molecule has 2 bridgehead atoms. The van der Waals surface area contributed by atoms with Crippen LogP contribution in [0.2, 0.25) is 0 Å². The second kappa shape index (κ2) is 1.24. The van der Waals surface area contributed by atoms with Gasteiger partial charge in [0.05, 0.1) is 6.07 Å². The highest BCUT2D eigenvalue weighted by Crippen LogP contribution is 2.95. The van der Waals surface area contributed by atoms with Crippen LogP contribution in [-0.4, -0.2) is 24.5 Å². The second-order valence-electron chi connectivity index (χ2n) is 5.19. The first kappa shape index (κ1) is 5.99. The maximum atomic E-state index is 9.30. The molecule has 0 N–H and O–H groups in total. The largest absolute Gasteiger partial charge is 0.291 e. The molecule has 0 aromatic heterocycles. The lowest BCUT2D eigenvalue weighted by molar-refractivity contribution is 0.184. The van der Waals surface area contributed by atoms with Crippen LogP contribution in [0, 0.1) is 46.8 Å². The molecule has 0 saturated heterocycles. The van der Waals surface area contributed by atoms with Crippen molar-refractivity contribution >= 4 is 0 Å². The molecule has 0 aliphatic heterocycles. The SMILES string of the molecule is CN(C)C1(C#N)C2C3C2C2C3C21. The smallest absolute Gasteiger partial charge is 0.115 e. The summed E-state index contributed by atoms with van der Waals surface area (Å²) in [5.74, 6) is 5.50. The Kier molecular flexibility index (Phi) is 0.618. The molecule has 0 atom stereocenters. The summed E-state index contributed by atoms with van der Waals surface area (Å²) in [6.07, 6.45) is 0. The molecule has 5 aliphatic carbocycles. The first-order valence-corrected chi connectivity index (χ1v) is 4.84. The van der Waals surface area contributed by atoms with E-state index >= 15 is 0 Å². The Hall–Kier alpha value is -0.550. The molecule has 0 aromatic carbocycles. The molecule has 12 heavy (non-hydrogen) atoms. The van der Waals surface area contributed by atoms with Gasteiger partial charge in [0.1, 0.15) is 5.54 Å². The van der Waals surface area contributed by atoms with E-state index in [0.717, 1.165) is 35.5 Å². The lowest BCUT2D eigenvalue weighted by Gasteiger charge is -2.30. The maximum absolute atomic E-state index is 9.30. The monoisotopic (exact) mass is 160 g/mol. The molecule has 0 amide bonds. The van der Waals surface area contributed by atoms with E-state index in [1.807, 2.05) is 0 Å². The van der Waals surface area contributed by atoms with E-state index in [0.29, 0.717) is 0 Å². The summed E-state index contributed by atoms with van der Waals surface area (Å²) < 4.78 is 0. The van der Waals surface area contributed by atoms with Crippen molar-refractivity contribution in [3.63, 3.8) is 0 Å². The lowest BCUT2D eigenvalue weighted by Crippen LogP contribution is -2.45. The van der Waals surface area contributed by atoms with Crippen molar-refractivity contribution in [1.29, 1.82) is 5.26 Å². The van der Waals surface area contributed by atoms with Crippen LogP contribution in [0.25, 0.3) is 0 Å². The average molecular weight is 160 g/mol. The third-order valence-corrected chi connectivity index (χ3v) is 5.09. The van der Waals surface area contributed by atoms with Crippen LogP contribution < -0.4 is 0 Å². The Labute approximate surface area is 72.2 Å². The number of nitriles is 1. The highest BCUT2D eigenvalue weighted by molar-refractivity contribution is 5.49. The topological polar surface area (TPSA) is 27.0 Å². The summed E-state index contributed by atoms with van der Waals surface area (Å²) >= 11 is 0. The summed E-state index contributed by atoms with van der Waals surface area (Å²) in [6, 6.07) is 2.61. The van der Waals surface area contributed by atoms with Crippen molar-refractivity contribution in [2.24, 2.45) is 35.5 Å². The van der Waals surface area contributed by atoms with Crippen molar-refractivity contribution < 1.29 is 0 Å². The molecular weight excluding hydrogens is 148 g/mol. The summed E-state index contributed by atoms with van der Waals surface area (Å²) in [6.45, 7) is 0. The fourth-order valence-electron chi connectivity index (χ4n) is 4.80. The van der Waals surface area contributed by atoms with Crippen LogP contribution >= 0.6 is 0 Å². The highest BCUT2D eigenvalue weighted by Gasteiger charge is 2.97. The minimum Gasteiger partial charge on any atom is -0.291 e. The molecule has 2 nitrogen and oxygen atoms in total. The van der Waals surface area contributed by atoms with E-state index in [9.17, 15) is 5.26 Å². The van der Waals surface area contributed by atoms with Crippen molar-refractivity contribution in [2.45, 2.75) is 5.54 Å². The van der Waals surface area contributed by atoms with Gasteiger partial charge in [0.25, 0.3) is 0 Å².